The second-order valence-corrected chi connectivity index (χ2v) is 10.6. The van der Waals surface area contributed by atoms with Gasteiger partial charge >= 0.3 is 0 Å². The van der Waals surface area contributed by atoms with Crippen molar-refractivity contribution in [2.24, 2.45) is 0 Å². The summed E-state index contributed by atoms with van der Waals surface area (Å²) in [7, 11) is -3.70. The Bertz CT molecular complexity index is 1400. The zero-order valence-corrected chi connectivity index (χ0v) is 19.9. The number of fused-ring (bicyclic) bond motifs is 1. The summed E-state index contributed by atoms with van der Waals surface area (Å²) in [6, 6.07) is 21.0. The molecule has 4 aromatic rings. The fourth-order valence-corrected chi connectivity index (χ4v) is 5.96. The third kappa shape index (κ3) is 4.37. The number of nitrogens with one attached hydrogen (secondary N) is 1. The minimum atomic E-state index is -3.70. The third-order valence-corrected chi connectivity index (χ3v) is 8.39. The number of aryl methyl sites for hydroxylation is 1. The molecule has 0 aliphatic rings. The predicted octanol–water partition coefficient (Wildman–Crippen LogP) is 6.33. The van der Waals surface area contributed by atoms with Crippen LogP contribution in [0.1, 0.15) is 22.2 Å². The van der Waals surface area contributed by atoms with E-state index in [1.165, 1.54) is 15.6 Å². The highest BCUT2D eigenvalue weighted by molar-refractivity contribution is 7.92. The molecule has 164 valence electrons. The fourth-order valence-electron chi connectivity index (χ4n) is 3.37. The maximum atomic E-state index is 13.2. The zero-order chi connectivity index (χ0) is 22.9. The molecule has 0 aliphatic heterocycles. The fraction of sp³-hybridized carbons (Fsp3) is 0.125. The van der Waals surface area contributed by atoms with Crippen LogP contribution in [-0.4, -0.2) is 20.9 Å². The Morgan fingerprint density at radius 2 is 1.75 bits per heavy atom. The Morgan fingerprint density at radius 3 is 2.44 bits per heavy atom. The van der Waals surface area contributed by atoms with E-state index in [1.807, 2.05) is 13.0 Å². The number of thiophene rings is 1. The second kappa shape index (κ2) is 8.94. The van der Waals surface area contributed by atoms with E-state index < -0.39 is 10.0 Å². The number of rotatable bonds is 6. The van der Waals surface area contributed by atoms with Gasteiger partial charge in [0, 0.05) is 11.2 Å². The molecule has 0 bridgehead atoms. The average Bonchev–Trinajstić information content (AvgIpc) is 3.20. The summed E-state index contributed by atoms with van der Waals surface area (Å²) >= 11 is 7.48. The van der Waals surface area contributed by atoms with Gasteiger partial charge in [-0.25, -0.2) is 8.42 Å². The first-order valence-corrected chi connectivity index (χ1v) is 12.6. The number of anilines is 2. The highest BCUT2D eigenvalue weighted by atomic mass is 35.5. The number of benzene rings is 3. The lowest BCUT2D eigenvalue weighted by Gasteiger charge is -2.23. The van der Waals surface area contributed by atoms with Crippen molar-refractivity contribution in [2.75, 3.05) is 16.2 Å². The molecule has 0 saturated heterocycles. The van der Waals surface area contributed by atoms with E-state index in [9.17, 15) is 13.2 Å². The molecular weight excluding hydrogens is 464 g/mol. The van der Waals surface area contributed by atoms with E-state index in [2.05, 4.69) is 5.32 Å². The summed E-state index contributed by atoms with van der Waals surface area (Å²) in [5.41, 5.74) is 2.09. The molecule has 4 rings (SSSR count). The average molecular weight is 485 g/mol. The molecule has 0 atom stereocenters. The van der Waals surface area contributed by atoms with Crippen molar-refractivity contribution in [1.29, 1.82) is 0 Å². The summed E-state index contributed by atoms with van der Waals surface area (Å²) in [5.74, 6) is -0.263. The maximum absolute atomic E-state index is 13.2. The first kappa shape index (κ1) is 22.3. The first-order chi connectivity index (χ1) is 15.3. The molecule has 3 aromatic carbocycles. The van der Waals surface area contributed by atoms with Gasteiger partial charge in [0.2, 0.25) is 0 Å². The van der Waals surface area contributed by atoms with E-state index >= 15 is 0 Å². The van der Waals surface area contributed by atoms with Gasteiger partial charge in [-0.05, 0) is 67.8 Å². The summed E-state index contributed by atoms with van der Waals surface area (Å²) < 4.78 is 28.7. The molecule has 32 heavy (non-hydrogen) atoms. The molecule has 5 nitrogen and oxygen atoms in total. The van der Waals surface area contributed by atoms with Crippen molar-refractivity contribution in [3.63, 3.8) is 0 Å². The van der Waals surface area contributed by atoms with Crippen LogP contribution in [0.5, 0.6) is 0 Å². The van der Waals surface area contributed by atoms with Crippen LogP contribution < -0.4 is 9.62 Å². The second-order valence-electron chi connectivity index (χ2n) is 7.25. The van der Waals surface area contributed by atoms with Gasteiger partial charge in [-0.1, -0.05) is 41.4 Å². The molecule has 1 aromatic heterocycles. The van der Waals surface area contributed by atoms with Crippen molar-refractivity contribution >= 4 is 60.3 Å². The Balaban J connectivity index is 1.65. The zero-order valence-electron chi connectivity index (χ0n) is 17.5. The van der Waals surface area contributed by atoms with Crippen molar-refractivity contribution in [3.05, 3.63) is 88.3 Å². The molecule has 8 heteroatoms. The number of nitrogens with zero attached hydrogens (tertiary/aromatic N) is 1. The molecule has 1 heterocycles. The number of carbonyl (C=O) groups is 1. The van der Waals surface area contributed by atoms with Gasteiger partial charge in [0.05, 0.1) is 26.2 Å². The van der Waals surface area contributed by atoms with Gasteiger partial charge in [-0.2, -0.15) is 0 Å². The lowest BCUT2D eigenvalue weighted by molar-refractivity contribution is 0.103. The number of hydrogen-bond acceptors (Lipinski definition) is 4. The Labute approximate surface area is 196 Å². The predicted molar refractivity (Wildman–Crippen MR) is 133 cm³/mol. The Kier molecular flexibility index (Phi) is 6.24. The molecule has 0 radical (unpaired) electrons. The van der Waals surface area contributed by atoms with E-state index in [4.69, 9.17) is 11.6 Å². The van der Waals surface area contributed by atoms with Gasteiger partial charge in [-0.3, -0.25) is 9.10 Å². The largest absolute Gasteiger partial charge is 0.320 e. The van der Waals surface area contributed by atoms with Crippen molar-refractivity contribution in [1.82, 2.24) is 0 Å². The van der Waals surface area contributed by atoms with Gasteiger partial charge in [0.15, 0.2) is 0 Å². The topological polar surface area (TPSA) is 66.5 Å². The summed E-state index contributed by atoms with van der Waals surface area (Å²) in [4.78, 5) is 13.5. The molecule has 1 N–H and O–H groups in total. The molecular formula is C24H21ClN2O3S2. The number of sulfonamides is 1. The molecule has 0 fully saturated rings. The van der Waals surface area contributed by atoms with E-state index in [1.54, 1.807) is 73.7 Å². The van der Waals surface area contributed by atoms with Crippen LogP contribution in [0.15, 0.2) is 77.7 Å². The van der Waals surface area contributed by atoms with E-state index in [0.29, 0.717) is 21.3 Å². The number of carbonyl (C=O) groups excluding carboxylic acids is 1. The van der Waals surface area contributed by atoms with Crippen LogP contribution in [0.4, 0.5) is 11.4 Å². The smallest absolute Gasteiger partial charge is 0.265 e. The summed E-state index contributed by atoms with van der Waals surface area (Å²) in [6.45, 7) is 4.00. The number of para-hydroxylation sites is 1. The quantitative estimate of drug-likeness (QED) is 0.347. The van der Waals surface area contributed by atoms with E-state index in [0.717, 1.165) is 15.6 Å². The van der Waals surface area contributed by atoms with Crippen LogP contribution >= 0.6 is 22.9 Å². The summed E-state index contributed by atoms with van der Waals surface area (Å²) in [6.07, 6.45) is 0. The molecule has 0 spiro atoms. The van der Waals surface area contributed by atoms with Crippen LogP contribution in [-0.2, 0) is 10.0 Å². The molecule has 0 saturated carbocycles. The molecule has 0 unspecified atom stereocenters. The van der Waals surface area contributed by atoms with Gasteiger partial charge < -0.3 is 5.32 Å². The molecule has 1 amide bonds. The van der Waals surface area contributed by atoms with Gasteiger partial charge in [-0.15, -0.1) is 11.3 Å². The Morgan fingerprint density at radius 1 is 1.03 bits per heavy atom. The van der Waals surface area contributed by atoms with Crippen molar-refractivity contribution in [3.8, 4) is 0 Å². The minimum absolute atomic E-state index is 0.246. The monoisotopic (exact) mass is 484 g/mol. The van der Waals surface area contributed by atoms with Crippen LogP contribution in [0, 0.1) is 6.92 Å². The third-order valence-electron chi connectivity index (χ3n) is 5.03. The highest BCUT2D eigenvalue weighted by Crippen LogP contribution is 2.32. The molecule has 0 aliphatic carbocycles. The van der Waals surface area contributed by atoms with Crippen LogP contribution in [0.2, 0.25) is 5.02 Å². The van der Waals surface area contributed by atoms with Crippen molar-refractivity contribution in [2.45, 2.75) is 18.7 Å². The van der Waals surface area contributed by atoms with E-state index in [-0.39, 0.29) is 17.3 Å². The van der Waals surface area contributed by atoms with Gasteiger partial charge in [0.25, 0.3) is 15.9 Å². The normalized spacial score (nSPS) is 11.5. The first-order valence-electron chi connectivity index (χ1n) is 9.98. The highest BCUT2D eigenvalue weighted by Gasteiger charge is 2.24. The maximum Gasteiger partial charge on any atom is 0.265 e. The number of amides is 1. The van der Waals surface area contributed by atoms with Crippen LogP contribution in [0.3, 0.4) is 0 Å². The number of hydrogen-bond donors (Lipinski definition) is 1. The minimum Gasteiger partial charge on any atom is -0.320 e. The standard InChI is InChI=1S/C24H21ClN2O3S2/c1-3-27(32(29,30)19-11-8-16(2)9-12-19)18-10-13-22-17(14-18)15-23(31-22)24(28)26-21-7-5-4-6-20(21)25/h4-15H,3H2,1-2H3,(H,26,28). The lowest BCUT2D eigenvalue weighted by atomic mass is 10.2. The Hall–Kier alpha value is -2.87. The lowest BCUT2D eigenvalue weighted by Crippen LogP contribution is -2.30. The number of halogens is 1. The SMILES string of the molecule is CCN(c1ccc2sc(C(=O)Nc3ccccc3Cl)cc2c1)S(=O)(=O)c1ccc(C)cc1. The van der Waals surface area contributed by atoms with Crippen LogP contribution in [0.25, 0.3) is 10.1 Å². The van der Waals surface area contributed by atoms with Gasteiger partial charge in [0.1, 0.15) is 0 Å². The summed E-state index contributed by atoms with van der Waals surface area (Å²) in [5, 5.41) is 4.08. The van der Waals surface area contributed by atoms with Crippen molar-refractivity contribution < 1.29 is 13.2 Å².